The summed E-state index contributed by atoms with van der Waals surface area (Å²) in [5.74, 6) is -1.47. The second-order valence-electron chi connectivity index (χ2n) is 5.87. The van der Waals surface area contributed by atoms with Crippen LogP contribution in [0.5, 0.6) is 0 Å². The Kier molecular flexibility index (Phi) is 8.68. The first-order valence-electron chi connectivity index (χ1n) is 8.93. The van der Waals surface area contributed by atoms with Gasteiger partial charge >= 0.3 is 18.1 Å². The van der Waals surface area contributed by atoms with Gasteiger partial charge in [-0.25, -0.2) is 9.59 Å². The van der Waals surface area contributed by atoms with Crippen molar-refractivity contribution in [2.24, 2.45) is 0 Å². The van der Waals surface area contributed by atoms with Gasteiger partial charge in [0.1, 0.15) is 12.6 Å². The third-order valence-electron chi connectivity index (χ3n) is 3.74. The highest BCUT2D eigenvalue weighted by atomic mass is 16.7. The van der Waals surface area contributed by atoms with Crippen molar-refractivity contribution in [3.63, 3.8) is 0 Å². The molecule has 7 nitrogen and oxygen atoms in total. The van der Waals surface area contributed by atoms with Gasteiger partial charge in [-0.05, 0) is 18.1 Å². The van der Waals surface area contributed by atoms with Gasteiger partial charge in [0.2, 0.25) is 0 Å². The first-order chi connectivity index (χ1) is 13.6. The molecule has 2 aromatic rings. The van der Waals surface area contributed by atoms with Crippen molar-refractivity contribution in [1.82, 2.24) is 5.32 Å². The Morgan fingerprint density at radius 1 is 0.893 bits per heavy atom. The number of carbonyl (C=O) groups is 3. The van der Waals surface area contributed by atoms with Crippen LogP contribution in [0.1, 0.15) is 24.5 Å². The minimum absolute atomic E-state index is 0.0209. The van der Waals surface area contributed by atoms with Gasteiger partial charge in [0, 0.05) is 6.54 Å². The SMILES string of the molecule is CCOC(=O)C[C@H](NCc1ccccc1)C(=O)OC(=O)OCc1ccccc1. The van der Waals surface area contributed by atoms with Gasteiger partial charge in [-0.15, -0.1) is 0 Å². The molecule has 0 saturated heterocycles. The number of hydrogen-bond acceptors (Lipinski definition) is 7. The Labute approximate surface area is 163 Å². The van der Waals surface area contributed by atoms with E-state index in [1.807, 2.05) is 36.4 Å². The summed E-state index contributed by atoms with van der Waals surface area (Å²) >= 11 is 0. The summed E-state index contributed by atoms with van der Waals surface area (Å²) in [4.78, 5) is 35.9. The van der Waals surface area contributed by atoms with Gasteiger partial charge < -0.3 is 14.2 Å². The molecule has 0 unspecified atom stereocenters. The van der Waals surface area contributed by atoms with Crippen molar-refractivity contribution in [2.75, 3.05) is 6.61 Å². The molecule has 0 radical (unpaired) electrons. The van der Waals surface area contributed by atoms with Crippen molar-refractivity contribution < 1.29 is 28.6 Å². The second-order valence-corrected chi connectivity index (χ2v) is 5.87. The lowest BCUT2D eigenvalue weighted by molar-refractivity contribution is -0.150. The normalized spacial score (nSPS) is 11.3. The molecule has 0 spiro atoms. The molecular weight excluding hydrogens is 362 g/mol. The van der Waals surface area contributed by atoms with Gasteiger partial charge in [-0.1, -0.05) is 60.7 Å². The van der Waals surface area contributed by atoms with Gasteiger partial charge in [0.15, 0.2) is 0 Å². The monoisotopic (exact) mass is 385 g/mol. The maximum absolute atomic E-state index is 12.3. The van der Waals surface area contributed by atoms with Crippen LogP contribution in [0.2, 0.25) is 0 Å². The summed E-state index contributed by atoms with van der Waals surface area (Å²) in [6.45, 7) is 2.16. The summed E-state index contributed by atoms with van der Waals surface area (Å²) in [7, 11) is 0. The lowest BCUT2D eigenvalue weighted by Crippen LogP contribution is -2.40. The molecule has 2 aromatic carbocycles. The van der Waals surface area contributed by atoms with Gasteiger partial charge in [-0.2, -0.15) is 0 Å². The van der Waals surface area contributed by atoms with Crippen LogP contribution in [0.15, 0.2) is 60.7 Å². The molecule has 0 amide bonds. The van der Waals surface area contributed by atoms with E-state index in [2.05, 4.69) is 5.32 Å². The van der Waals surface area contributed by atoms with E-state index in [0.29, 0.717) is 6.54 Å². The molecule has 7 heteroatoms. The number of ether oxygens (including phenoxy) is 3. The first kappa shape index (κ1) is 21.1. The number of nitrogens with one attached hydrogen (secondary N) is 1. The highest BCUT2D eigenvalue weighted by molar-refractivity contribution is 5.88. The average Bonchev–Trinajstić information content (AvgIpc) is 2.71. The largest absolute Gasteiger partial charge is 0.516 e. The lowest BCUT2D eigenvalue weighted by atomic mass is 10.1. The third-order valence-corrected chi connectivity index (χ3v) is 3.74. The van der Waals surface area contributed by atoms with Crippen LogP contribution in [0, 0.1) is 0 Å². The van der Waals surface area contributed by atoms with Crippen LogP contribution in [0.4, 0.5) is 4.79 Å². The number of hydrogen-bond donors (Lipinski definition) is 1. The Bertz CT molecular complexity index is 763. The molecule has 0 bridgehead atoms. The molecule has 1 N–H and O–H groups in total. The molecule has 28 heavy (non-hydrogen) atoms. The average molecular weight is 385 g/mol. The van der Waals surface area contributed by atoms with E-state index < -0.39 is 24.1 Å². The summed E-state index contributed by atoms with van der Waals surface area (Å²) in [5, 5.41) is 2.92. The summed E-state index contributed by atoms with van der Waals surface area (Å²) < 4.78 is 14.6. The van der Waals surface area contributed by atoms with Crippen LogP contribution in [-0.4, -0.2) is 30.7 Å². The van der Waals surface area contributed by atoms with E-state index >= 15 is 0 Å². The van der Waals surface area contributed by atoms with E-state index in [0.717, 1.165) is 11.1 Å². The predicted octanol–water partition coefficient (Wildman–Crippen LogP) is 2.98. The zero-order valence-corrected chi connectivity index (χ0v) is 15.6. The predicted molar refractivity (Wildman–Crippen MR) is 101 cm³/mol. The Morgan fingerprint density at radius 3 is 2.11 bits per heavy atom. The van der Waals surface area contributed by atoms with Gasteiger partial charge in [0.25, 0.3) is 0 Å². The molecule has 0 aromatic heterocycles. The molecule has 0 heterocycles. The molecule has 0 saturated carbocycles. The van der Waals surface area contributed by atoms with Crippen LogP contribution in [0.25, 0.3) is 0 Å². The maximum Gasteiger partial charge on any atom is 0.516 e. The van der Waals surface area contributed by atoms with Crippen molar-refractivity contribution >= 4 is 18.1 Å². The van der Waals surface area contributed by atoms with Gasteiger partial charge in [-0.3, -0.25) is 10.1 Å². The third kappa shape index (κ3) is 7.59. The van der Waals surface area contributed by atoms with E-state index in [9.17, 15) is 14.4 Å². The fourth-order valence-electron chi connectivity index (χ4n) is 2.36. The fourth-order valence-corrected chi connectivity index (χ4v) is 2.36. The summed E-state index contributed by atoms with van der Waals surface area (Å²) in [6.07, 6.45) is -1.38. The molecule has 0 aliphatic heterocycles. The number of benzene rings is 2. The molecule has 1 atom stereocenters. The fraction of sp³-hybridized carbons (Fsp3) is 0.286. The molecular formula is C21H23NO6. The van der Waals surface area contributed by atoms with Crippen molar-refractivity contribution in [1.29, 1.82) is 0 Å². The van der Waals surface area contributed by atoms with E-state index in [4.69, 9.17) is 14.2 Å². The summed E-state index contributed by atoms with van der Waals surface area (Å²) in [6, 6.07) is 17.3. The van der Waals surface area contributed by atoms with Crippen LogP contribution < -0.4 is 5.32 Å². The Hall–Kier alpha value is -3.19. The number of rotatable bonds is 9. The van der Waals surface area contributed by atoms with Gasteiger partial charge in [0.05, 0.1) is 13.0 Å². The molecule has 148 valence electrons. The quantitative estimate of drug-likeness (QED) is 0.524. The smallest absolute Gasteiger partial charge is 0.466 e. The van der Waals surface area contributed by atoms with Crippen LogP contribution in [-0.2, 0) is 37.0 Å². The maximum atomic E-state index is 12.3. The van der Waals surface area contributed by atoms with Crippen molar-refractivity contribution in [3.05, 3.63) is 71.8 Å². The molecule has 0 aliphatic carbocycles. The highest BCUT2D eigenvalue weighted by Crippen LogP contribution is 2.06. The number of carbonyl (C=O) groups excluding carboxylic acids is 3. The van der Waals surface area contributed by atoms with Crippen molar-refractivity contribution in [2.45, 2.75) is 32.5 Å². The summed E-state index contributed by atoms with van der Waals surface area (Å²) in [5.41, 5.74) is 1.67. The van der Waals surface area contributed by atoms with E-state index in [1.165, 1.54) is 0 Å². The number of esters is 2. The zero-order chi connectivity index (χ0) is 20.2. The minimum Gasteiger partial charge on any atom is -0.466 e. The van der Waals surface area contributed by atoms with E-state index in [1.54, 1.807) is 31.2 Å². The second kappa shape index (κ2) is 11.5. The topological polar surface area (TPSA) is 90.9 Å². The standard InChI is InChI=1S/C21H23NO6/c1-2-26-19(23)13-18(22-14-16-9-5-3-6-10-16)20(24)28-21(25)27-15-17-11-7-4-8-12-17/h3-12,18,22H,2,13-15H2,1H3/t18-/m0/s1. The zero-order valence-electron chi connectivity index (χ0n) is 15.6. The Balaban J connectivity index is 1.90. The van der Waals surface area contributed by atoms with Crippen molar-refractivity contribution in [3.8, 4) is 0 Å². The van der Waals surface area contributed by atoms with Crippen LogP contribution >= 0.6 is 0 Å². The van der Waals surface area contributed by atoms with E-state index in [-0.39, 0.29) is 19.6 Å². The lowest BCUT2D eigenvalue weighted by Gasteiger charge is -2.16. The highest BCUT2D eigenvalue weighted by Gasteiger charge is 2.26. The molecule has 2 rings (SSSR count). The Morgan fingerprint density at radius 2 is 1.50 bits per heavy atom. The first-order valence-corrected chi connectivity index (χ1v) is 8.93. The minimum atomic E-state index is -1.12. The molecule has 0 aliphatic rings. The molecule has 0 fully saturated rings. The van der Waals surface area contributed by atoms with Crippen LogP contribution in [0.3, 0.4) is 0 Å².